The lowest BCUT2D eigenvalue weighted by atomic mass is 9.81. The van der Waals surface area contributed by atoms with Gasteiger partial charge in [0.1, 0.15) is 0 Å². The number of aliphatic carboxylic acids is 1. The summed E-state index contributed by atoms with van der Waals surface area (Å²) in [5.41, 5.74) is -0.606. The lowest BCUT2D eigenvalue weighted by molar-refractivity contribution is -0.148. The van der Waals surface area contributed by atoms with Crippen molar-refractivity contribution in [3.8, 4) is 0 Å². The second kappa shape index (κ2) is 4.09. The fourth-order valence-corrected chi connectivity index (χ4v) is 1.78. The smallest absolute Gasteiger partial charge is 0.309 e. The third-order valence-corrected chi connectivity index (χ3v) is 2.63. The molecule has 0 spiro atoms. The minimum absolute atomic E-state index is 0.430. The molecule has 1 atom stereocenters. The maximum absolute atomic E-state index is 10.9. The van der Waals surface area contributed by atoms with Crippen LogP contribution in [0.15, 0.2) is 0 Å². The largest absolute Gasteiger partial charge is 0.481 e. The average molecular weight is 186 g/mol. The summed E-state index contributed by atoms with van der Waals surface area (Å²) >= 11 is 0. The van der Waals surface area contributed by atoms with E-state index in [-0.39, 0.29) is 0 Å². The molecule has 0 amide bonds. The van der Waals surface area contributed by atoms with E-state index in [1.54, 1.807) is 13.8 Å². The maximum Gasteiger partial charge on any atom is 0.309 e. The van der Waals surface area contributed by atoms with Crippen molar-refractivity contribution in [2.45, 2.75) is 33.1 Å². The van der Waals surface area contributed by atoms with Gasteiger partial charge in [0, 0.05) is 13.2 Å². The Morgan fingerprint density at radius 1 is 1.62 bits per heavy atom. The minimum Gasteiger partial charge on any atom is -0.481 e. The molecular weight excluding hydrogens is 168 g/mol. The lowest BCUT2D eigenvalue weighted by Crippen LogP contribution is -2.30. The molecule has 1 rings (SSSR count). The summed E-state index contributed by atoms with van der Waals surface area (Å²) in [6.45, 7) is 5.13. The molecule has 0 aliphatic carbocycles. The Morgan fingerprint density at radius 3 is 2.77 bits per heavy atom. The van der Waals surface area contributed by atoms with Crippen LogP contribution in [0.25, 0.3) is 0 Å². The van der Waals surface area contributed by atoms with Crippen LogP contribution in [0.2, 0.25) is 0 Å². The van der Waals surface area contributed by atoms with Gasteiger partial charge < -0.3 is 9.84 Å². The highest BCUT2D eigenvalue weighted by atomic mass is 16.5. The summed E-state index contributed by atoms with van der Waals surface area (Å²) in [6.07, 6.45) is 2.90. The fraction of sp³-hybridized carbons (Fsp3) is 0.900. The van der Waals surface area contributed by atoms with Crippen molar-refractivity contribution in [1.29, 1.82) is 0 Å². The molecule has 3 heteroatoms. The SMILES string of the molecule is CC(C)(CC1CCCOC1)C(=O)O. The van der Waals surface area contributed by atoms with Gasteiger partial charge in [-0.05, 0) is 39.0 Å². The average Bonchev–Trinajstić information content (AvgIpc) is 2.05. The van der Waals surface area contributed by atoms with Crippen LogP contribution in [0, 0.1) is 11.3 Å². The molecule has 13 heavy (non-hydrogen) atoms. The molecule has 0 aromatic rings. The molecule has 1 aliphatic heterocycles. The van der Waals surface area contributed by atoms with E-state index in [0.717, 1.165) is 32.5 Å². The van der Waals surface area contributed by atoms with E-state index in [1.807, 2.05) is 0 Å². The molecule has 3 nitrogen and oxygen atoms in total. The monoisotopic (exact) mass is 186 g/mol. The number of hydrogen-bond acceptors (Lipinski definition) is 2. The number of ether oxygens (including phenoxy) is 1. The number of carbonyl (C=O) groups is 1. The molecule has 1 unspecified atom stereocenters. The van der Waals surface area contributed by atoms with E-state index >= 15 is 0 Å². The first-order valence-corrected chi connectivity index (χ1v) is 4.83. The second-order valence-electron chi connectivity index (χ2n) is 4.48. The molecule has 0 aromatic heterocycles. The van der Waals surface area contributed by atoms with Crippen LogP contribution in [0.4, 0.5) is 0 Å². The van der Waals surface area contributed by atoms with Crippen LogP contribution in [0.5, 0.6) is 0 Å². The van der Waals surface area contributed by atoms with Crippen molar-refractivity contribution in [1.82, 2.24) is 0 Å². The molecule has 0 aromatic carbocycles. The van der Waals surface area contributed by atoms with Crippen LogP contribution in [0.1, 0.15) is 33.1 Å². The second-order valence-corrected chi connectivity index (χ2v) is 4.48. The quantitative estimate of drug-likeness (QED) is 0.732. The Bertz CT molecular complexity index is 181. The molecular formula is C10H18O3. The zero-order valence-corrected chi connectivity index (χ0v) is 8.38. The van der Waals surface area contributed by atoms with E-state index in [0.29, 0.717) is 5.92 Å². The standard InChI is InChI=1S/C10H18O3/c1-10(2,9(11)12)6-8-4-3-5-13-7-8/h8H,3-7H2,1-2H3,(H,11,12). The van der Waals surface area contributed by atoms with Crippen molar-refractivity contribution in [3.63, 3.8) is 0 Å². The Morgan fingerprint density at radius 2 is 2.31 bits per heavy atom. The van der Waals surface area contributed by atoms with Crippen molar-refractivity contribution < 1.29 is 14.6 Å². The topological polar surface area (TPSA) is 46.5 Å². The highest BCUT2D eigenvalue weighted by molar-refractivity contribution is 5.73. The first kappa shape index (κ1) is 10.5. The maximum atomic E-state index is 10.9. The van der Waals surface area contributed by atoms with Crippen LogP contribution < -0.4 is 0 Å². The number of carboxylic acids is 1. The number of carboxylic acid groups (broad SMARTS) is 1. The van der Waals surface area contributed by atoms with Crippen molar-refractivity contribution >= 4 is 5.97 Å². The van der Waals surface area contributed by atoms with Crippen LogP contribution in [-0.4, -0.2) is 24.3 Å². The molecule has 0 radical (unpaired) electrons. The van der Waals surface area contributed by atoms with Gasteiger partial charge >= 0.3 is 5.97 Å². The Hall–Kier alpha value is -0.570. The summed E-state index contributed by atoms with van der Waals surface area (Å²) < 4.78 is 5.31. The van der Waals surface area contributed by atoms with E-state index in [4.69, 9.17) is 9.84 Å². The van der Waals surface area contributed by atoms with Gasteiger partial charge in [0.15, 0.2) is 0 Å². The lowest BCUT2D eigenvalue weighted by Gasteiger charge is -2.28. The summed E-state index contributed by atoms with van der Waals surface area (Å²) in [5, 5.41) is 8.93. The Labute approximate surface area is 79.1 Å². The van der Waals surface area contributed by atoms with Gasteiger partial charge in [-0.1, -0.05) is 0 Å². The molecule has 1 saturated heterocycles. The van der Waals surface area contributed by atoms with Gasteiger partial charge in [0.25, 0.3) is 0 Å². The highest BCUT2D eigenvalue weighted by Crippen LogP contribution is 2.29. The van der Waals surface area contributed by atoms with E-state index in [1.165, 1.54) is 0 Å². The normalized spacial score (nSPS) is 24.3. The van der Waals surface area contributed by atoms with E-state index in [2.05, 4.69) is 0 Å². The fourth-order valence-electron chi connectivity index (χ4n) is 1.78. The van der Waals surface area contributed by atoms with Gasteiger partial charge in [-0.25, -0.2) is 0 Å². The Balaban J connectivity index is 2.41. The molecule has 1 fully saturated rings. The minimum atomic E-state index is -0.710. The molecule has 1 N–H and O–H groups in total. The number of rotatable bonds is 3. The predicted molar refractivity (Wildman–Crippen MR) is 49.6 cm³/mol. The van der Waals surface area contributed by atoms with E-state index in [9.17, 15) is 4.79 Å². The summed E-state index contributed by atoms with van der Waals surface area (Å²) in [5.74, 6) is -0.280. The first-order valence-electron chi connectivity index (χ1n) is 4.83. The highest BCUT2D eigenvalue weighted by Gasteiger charge is 2.31. The first-order chi connectivity index (χ1) is 6.02. The summed E-state index contributed by atoms with van der Waals surface area (Å²) in [6, 6.07) is 0. The van der Waals surface area contributed by atoms with Gasteiger partial charge in [0.05, 0.1) is 5.41 Å². The van der Waals surface area contributed by atoms with Gasteiger partial charge in [0.2, 0.25) is 0 Å². The molecule has 76 valence electrons. The van der Waals surface area contributed by atoms with Gasteiger partial charge in [-0.15, -0.1) is 0 Å². The van der Waals surface area contributed by atoms with Gasteiger partial charge in [-0.2, -0.15) is 0 Å². The number of hydrogen-bond donors (Lipinski definition) is 1. The van der Waals surface area contributed by atoms with Crippen molar-refractivity contribution in [3.05, 3.63) is 0 Å². The molecule has 1 heterocycles. The predicted octanol–water partition coefficient (Wildman–Crippen LogP) is 1.91. The van der Waals surface area contributed by atoms with E-state index < -0.39 is 11.4 Å². The van der Waals surface area contributed by atoms with Gasteiger partial charge in [-0.3, -0.25) is 4.79 Å². The zero-order chi connectivity index (χ0) is 9.90. The Kier molecular flexibility index (Phi) is 3.31. The van der Waals surface area contributed by atoms with Crippen LogP contribution >= 0.6 is 0 Å². The van der Waals surface area contributed by atoms with Crippen LogP contribution in [0.3, 0.4) is 0 Å². The molecule has 0 saturated carbocycles. The summed E-state index contributed by atoms with van der Waals surface area (Å²) in [7, 11) is 0. The van der Waals surface area contributed by atoms with Crippen molar-refractivity contribution in [2.75, 3.05) is 13.2 Å². The summed E-state index contributed by atoms with van der Waals surface area (Å²) in [4.78, 5) is 10.9. The zero-order valence-electron chi connectivity index (χ0n) is 8.38. The molecule has 0 bridgehead atoms. The molecule has 1 aliphatic rings. The van der Waals surface area contributed by atoms with Crippen LogP contribution in [-0.2, 0) is 9.53 Å². The third kappa shape index (κ3) is 2.99. The van der Waals surface area contributed by atoms with Crippen molar-refractivity contribution in [2.24, 2.45) is 11.3 Å². The third-order valence-electron chi connectivity index (χ3n) is 2.63.